The topological polar surface area (TPSA) is 78.1 Å². The van der Waals surface area contributed by atoms with Crippen LogP contribution in [0.5, 0.6) is 0 Å². The summed E-state index contributed by atoms with van der Waals surface area (Å²) in [5.41, 5.74) is 2.37. The Labute approximate surface area is 177 Å². The van der Waals surface area contributed by atoms with E-state index in [-0.39, 0.29) is 12.5 Å². The van der Waals surface area contributed by atoms with Crippen LogP contribution in [0.25, 0.3) is 17.0 Å². The third-order valence-corrected chi connectivity index (χ3v) is 5.54. The Morgan fingerprint density at radius 1 is 1.13 bits per heavy atom. The molecule has 3 aromatic rings. The number of hydrogen-bond donors (Lipinski definition) is 1. The number of aromatic nitrogens is 1. The second-order valence-electron chi connectivity index (χ2n) is 6.93. The Bertz CT molecular complexity index is 1180. The zero-order valence-electron chi connectivity index (χ0n) is 16.5. The van der Waals surface area contributed by atoms with E-state index in [9.17, 15) is 14.7 Å². The fraction of sp³-hybridized carbons (Fsp3) is 0.136. The van der Waals surface area contributed by atoms with E-state index in [1.807, 2.05) is 54.6 Å². The van der Waals surface area contributed by atoms with Crippen LogP contribution in [-0.2, 0) is 16.1 Å². The summed E-state index contributed by atoms with van der Waals surface area (Å²) >= 11 is 1.30. The maximum absolute atomic E-state index is 13.1. The second kappa shape index (κ2) is 8.17. The van der Waals surface area contributed by atoms with Crippen LogP contribution in [0, 0.1) is 0 Å². The van der Waals surface area contributed by atoms with E-state index >= 15 is 0 Å². The number of aliphatic imine (C=N–C) groups is 1. The van der Waals surface area contributed by atoms with E-state index in [0.717, 1.165) is 22.2 Å². The largest absolute Gasteiger partial charge is 0.480 e. The van der Waals surface area contributed by atoms with Crippen molar-refractivity contribution in [1.82, 2.24) is 14.6 Å². The number of benzene rings is 2. The summed E-state index contributed by atoms with van der Waals surface area (Å²) in [6, 6.07) is 17.0. The number of amidine groups is 1. The Hall–Kier alpha value is -3.36. The van der Waals surface area contributed by atoms with Crippen molar-refractivity contribution in [3.63, 3.8) is 0 Å². The van der Waals surface area contributed by atoms with Gasteiger partial charge in [0.1, 0.15) is 6.54 Å². The van der Waals surface area contributed by atoms with Crippen LogP contribution in [0.1, 0.15) is 5.56 Å². The van der Waals surface area contributed by atoms with Gasteiger partial charge >= 0.3 is 5.97 Å². The van der Waals surface area contributed by atoms with Crippen molar-refractivity contribution in [2.45, 2.75) is 6.54 Å². The van der Waals surface area contributed by atoms with Gasteiger partial charge < -0.3 is 9.67 Å². The van der Waals surface area contributed by atoms with Crippen molar-refractivity contribution < 1.29 is 14.7 Å². The van der Waals surface area contributed by atoms with Gasteiger partial charge in [-0.05, 0) is 36.0 Å². The number of carboxylic acids is 1. The number of hydrazine groups is 1. The van der Waals surface area contributed by atoms with Crippen molar-refractivity contribution in [2.75, 3.05) is 14.1 Å². The van der Waals surface area contributed by atoms with E-state index in [0.29, 0.717) is 10.1 Å². The Balaban J connectivity index is 1.76. The Morgan fingerprint density at radius 3 is 2.53 bits per heavy atom. The maximum Gasteiger partial charge on any atom is 0.323 e. The van der Waals surface area contributed by atoms with Crippen LogP contribution >= 0.6 is 11.8 Å². The van der Waals surface area contributed by atoms with Gasteiger partial charge in [0, 0.05) is 36.8 Å². The summed E-state index contributed by atoms with van der Waals surface area (Å²) in [5, 5.41) is 13.9. The Morgan fingerprint density at radius 2 is 1.83 bits per heavy atom. The predicted molar refractivity (Wildman–Crippen MR) is 119 cm³/mol. The standard InChI is InChI=1S/C22H20N4O3S/c1-24(2)26-21(29)19(30-22(26)23-16-8-4-3-5-9-16)12-15-13-25(14-20(27)28)18-11-7-6-10-17(15)18/h3-13H,14H2,1-2H3,(H,27,28)/b19-12-,23-22?. The van der Waals surface area contributed by atoms with Gasteiger partial charge in [-0.1, -0.05) is 36.4 Å². The number of para-hydroxylation sites is 2. The molecule has 0 radical (unpaired) electrons. The lowest BCUT2D eigenvalue weighted by Crippen LogP contribution is -2.40. The minimum Gasteiger partial charge on any atom is -0.480 e. The van der Waals surface area contributed by atoms with Gasteiger partial charge in [0.05, 0.1) is 10.6 Å². The average Bonchev–Trinajstić information content (AvgIpc) is 3.20. The molecular weight excluding hydrogens is 400 g/mol. The molecule has 0 bridgehead atoms. The number of aliphatic carboxylic acids is 1. The van der Waals surface area contributed by atoms with Crippen LogP contribution in [0.4, 0.5) is 5.69 Å². The summed E-state index contributed by atoms with van der Waals surface area (Å²) in [4.78, 5) is 29.5. The first-order valence-corrected chi connectivity index (χ1v) is 10.1. The molecule has 0 saturated carbocycles. The van der Waals surface area contributed by atoms with E-state index in [2.05, 4.69) is 4.99 Å². The fourth-order valence-electron chi connectivity index (χ4n) is 3.31. The molecule has 30 heavy (non-hydrogen) atoms. The fourth-order valence-corrected chi connectivity index (χ4v) is 4.35. The third kappa shape index (κ3) is 3.87. The highest BCUT2D eigenvalue weighted by Gasteiger charge is 2.35. The summed E-state index contributed by atoms with van der Waals surface area (Å²) < 4.78 is 1.68. The molecule has 7 nitrogen and oxygen atoms in total. The molecule has 1 saturated heterocycles. The van der Waals surface area contributed by atoms with Crippen LogP contribution in [0.15, 0.2) is 70.7 Å². The van der Waals surface area contributed by atoms with Crippen molar-refractivity contribution in [3.05, 3.63) is 71.3 Å². The molecule has 0 unspecified atom stereocenters. The van der Waals surface area contributed by atoms with E-state index < -0.39 is 5.97 Å². The van der Waals surface area contributed by atoms with Crippen molar-refractivity contribution in [1.29, 1.82) is 0 Å². The van der Waals surface area contributed by atoms with Gasteiger partial charge in [0.15, 0.2) is 5.17 Å². The van der Waals surface area contributed by atoms with Crippen LogP contribution in [-0.4, -0.2) is 50.8 Å². The van der Waals surface area contributed by atoms with Gasteiger partial charge in [-0.3, -0.25) is 9.59 Å². The highest BCUT2D eigenvalue weighted by molar-refractivity contribution is 8.18. The number of thioether (sulfide) groups is 1. The number of rotatable bonds is 5. The van der Waals surface area contributed by atoms with Gasteiger partial charge in [0.25, 0.3) is 5.91 Å². The van der Waals surface area contributed by atoms with Crippen molar-refractivity contribution in [2.24, 2.45) is 4.99 Å². The van der Waals surface area contributed by atoms with Gasteiger partial charge in [-0.2, -0.15) is 0 Å². The summed E-state index contributed by atoms with van der Waals surface area (Å²) in [6.45, 7) is -0.144. The summed E-state index contributed by atoms with van der Waals surface area (Å²) in [7, 11) is 3.58. The van der Waals surface area contributed by atoms with E-state index in [1.54, 1.807) is 35.9 Å². The first kappa shape index (κ1) is 19.9. The quantitative estimate of drug-likeness (QED) is 0.635. The minimum atomic E-state index is -0.919. The van der Waals surface area contributed by atoms with Crippen molar-refractivity contribution >= 4 is 51.5 Å². The SMILES string of the molecule is CN(C)N1C(=O)/C(=C/c2cn(CC(=O)O)c3ccccc23)SC1=Nc1ccccc1. The molecule has 0 aliphatic carbocycles. The average molecular weight is 420 g/mol. The van der Waals surface area contributed by atoms with Gasteiger partial charge in [0.2, 0.25) is 0 Å². The normalized spacial score (nSPS) is 17.0. The molecule has 8 heteroatoms. The van der Waals surface area contributed by atoms with Crippen molar-refractivity contribution in [3.8, 4) is 0 Å². The minimum absolute atomic E-state index is 0.144. The third-order valence-electron chi connectivity index (χ3n) is 4.58. The predicted octanol–water partition coefficient (Wildman–Crippen LogP) is 3.81. The number of hydrogen-bond acceptors (Lipinski definition) is 5. The molecule has 1 amide bonds. The smallest absolute Gasteiger partial charge is 0.323 e. The van der Waals surface area contributed by atoms with Crippen LogP contribution in [0.3, 0.4) is 0 Å². The first-order valence-electron chi connectivity index (χ1n) is 9.28. The number of carbonyl (C=O) groups is 2. The number of carbonyl (C=O) groups excluding carboxylic acids is 1. The van der Waals surface area contributed by atoms with E-state index in [4.69, 9.17) is 0 Å². The molecule has 0 atom stereocenters. The molecule has 2 heterocycles. The van der Waals surface area contributed by atoms with Gasteiger partial charge in [-0.15, -0.1) is 0 Å². The molecule has 1 aliphatic rings. The molecule has 1 aliphatic heterocycles. The summed E-state index contributed by atoms with van der Waals surface area (Å²) in [5.74, 6) is -1.09. The number of nitrogens with zero attached hydrogens (tertiary/aromatic N) is 4. The monoisotopic (exact) mass is 420 g/mol. The van der Waals surface area contributed by atoms with E-state index in [1.165, 1.54) is 16.8 Å². The lowest BCUT2D eigenvalue weighted by atomic mass is 10.1. The zero-order chi connectivity index (χ0) is 21.3. The molecule has 1 fully saturated rings. The Kier molecular flexibility index (Phi) is 5.43. The maximum atomic E-state index is 13.1. The number of carboxylic acid groups (broad SMARTS) is 1. The molecule has 0 spiro atoms. The lowest BCUT2D eigenvalue weighted by Gasteiger charge is -2.22. The first-order chi connectivity index (χ1) is 14.4. The van der Waals surface area contributed by atoms with Crippen LogP contribution < -0.4 is 0 Å². The molecule has 1 N–H and O–H groups in total. The van der Waals surface area contributed by atoms with Gasteiger partial charge in [-0.25, -0.2) is 15.0 Å². The molecule has 2 aromatic carbocycles. The van der Waals surface area contributed by atoms with Crippen LogP contribution in [0.2, 0.25) is 0 Å². The zero-order valence-corrected chi connectivity index (χ0v) is 17.3. The molecule has 152 valence electrons. The highest BCUT2D eigenvalue weighted by atomic mass is 32.2. The molecular formula is C22H20N4O3S. The summed E-state index contributed by atoms with van der Waals surface area (Å²) in [6.07, 6.45) is 3.57. The lowest BCUT2D eigenvalue weighted by molar-refractivity contribution is -0.137. The molecule has 4 rings (SSSR count). The molecule has 1 aromatic heterocycles. The second-order valence-corrected chi connectivity index (χ2v) is 7.94. The number of fused-ring (bicyclic) bond motifs is 1. The number of amides is 1. The highest BCUT2D eigenvalue weighted by Crippen LogP contribution is 2.36.